The van der Waals surface area contributed by atoms with Gasteiger partial charge in [0, 0.05) is 56.2 Å². The number of aromatic amines is 1. The standard InChI is InChI=1S/C24H27N3O3/c28-24(7-3-4-19-15-25-21-6-2-1-5-20(19)21)27-12-10-26(11-13-27)16-18-8-9-22-23(14-18)30-17-29-22/h1-2,5-6,8-9,14-15,25H,3-4,7,10-13,16-17H2. The lowest BCUT2D eigenvalue weighted by molar-refractivity contribution is -0.133. The highest BCUT2D eigenvalue weighted by Gasteiger charge is 2.22. The van der Waals surface area contributed by atoms with E-state index in [1.165, 1.54) is 16.5 Å². The van der Waals surface area contributed by atoms with Crippen LogP contribution in [0, 0.1) is 0 Å². The van der Waals surface area contributed by atoms with Crippen LogP contribution in [0.3, 0.4) is 0 Å². The maximum Gasteiger partial charge on any atom is 0.231 e. The molecule has 0 aliphatic carbocycles. The summed E-state index contributed by atoms with van der Waals surface area (Å²) in [6.45, 7) is 4.59. The SMILES string of the molecule is O=C(CCCc1c[nH]c2ccccc12)N1CCN(Cc2ccc3c(c2)OCO3)CC1. The Balaban J connectivity index is 1.07. The number of para-hydroxylation sites is 1. The van der Waals surface area contributed by atoms with E-state index >= 15 is 0 Å². The van der Waals surface area contributed by atoms with Gasteiger partial charge in [0.15, 0.2) is 11.5 Å². The molecule has 0 unspecified atom stereocenters. The Labute approximate surface area is 176 Å². The number of benzene rings is 2. The quantitative estimate of drug-likeness (QED) is 0.681. The van der Waals surface area contributed by atoms with Gasteiger partial charge in [-0.3, -0.25) is 9.69 Å². The molecule has 5 rings (SSSR count). The van der Waals surface area contributed by atoms with Crippen LogP contribution in [0.15, 0.2) is 48.7 Å². The Bertz CT molecular complexity index is 1040. The molecule has 0 saturated carbocycles. The summed E-state index contributed by atoms with van der Waals surface area (Å²) in [4.78, 5) is 20.4. The van der Waals surface area contributed by atoms with Crippen molar-refractivity contribution in [2.45, 2.75) is 25.8 Å². The van der Waals surface area contributed by atoms with Crippen LogP contribution in [-0.2, 0) is 17.8 Å². The number of rotatable bonds is 6. The number of carbonyl (C=O) groups is 1. The summed E-state index contributed by atoms with van der Waals surface area (Å²) in [5.41, 5.74) is 3.68. The van der Waals surface area contributed by atoms with Crippen molar-refractivity contribution in [2.75, 3.05) is 33.0 Å². The van der Waals surface area contributed by atoms with Crippen LogP contribution in [0.1, 0.15) is 24.0 Å². The molecule has 0 spiro atoms. The number of ether oxygens (including phenoxy) is 2. The van der Waals surface area contributed by atoms with Gasteiger partial charge in [0.1, 0.15) is 0 Å². The van der Waals surface area contributed by atoms with E-state index in [1.807, 2.05) is 17.0 Å². The molecular weight excluding hydrogens is 378 g/mol. The van der Waals surface area contributed by atoms with Gasteiger partial charge in [-0.2, -0.15) is 0 Å². The summed E-state index contributed by atoms with van der Waals surface area (Å²) in [7, 11) is 0. The third-order valence-corrected chi connectivity index (χ3v) is 6.08. The zero-order chi connectivity index (χ0) is 20.3. The largest absolute Gasteiger partial charge is 0.454 e. The first kappa shape index (κ1) is 19.0. The second-order valence-electron chi connectivity index (χ2n) is 8.06. The van der Waals surface area contributed by atoms with Crippen molar-refractivity contribution in [3.8, 4) is 11.5 Å². The fraction of sp³-hybridized carbons (Fsp3) is 0.375. The Morgan fingerprint density at radius 1 is 1.00 bits per heavy atom. The van der Waals surface area contributed by atoms with Gasteiger partial charge in [0.2, 0.25) is 12.7 Å². The van der Waals surface area contributed by atoms with Gasteiger partial charge < -0.3 is 19.4 Å². The predicted molar refractivity (Wildman–Crippen MR) is 116 cm³/mol. The molecule has 156 valence electrons. The van der Waals surface area contributed by atoms with Crippen molar-refractivity contribution in [3.63, 3.8) is 0 Å². The number of fused-ring (bicyclic) bond motifs is 2. The molecule has 0 bridgehead atoms. The summed E-state index contributed by atoms with van der Waals surface area (Å²) < 4.78 is 10.8. The highest BCUT2D eigenvalue weighted by Crippen LogP contribution is 2.32. The number of hydrogen-bond donors (Lipinski definition) is 1. The highest BCUT2D eigenvalue weighted by atomic mass is 16.7. The molecule has 2 aromatic carbocycles. The van der Waals surface area contributed by atoms with Crippen molar-refractivity contribution >= 4 is 16.8 Å². The first-order chi connectivity index (χ1) is 14.8. The van der Waals surface area contributed by atoms with E-state index < -0.39 is 0 Å². The average molecular weight is 405 g/mol. The summed E-state index contributed by atoms with van der Waals surface area (Å²) >= 11 is 0. The van der Waals surface area contributed by atoms with Crippen molar-refractivity contribution in [1.82, 2.24) is 14.8 Å². The second-order valence-corrected chi connectivity index (χ2v) is 8.06. The number of aryl methyl sites for hydroxylation is 1. The maximum absolute atomic E-state index is 12.7. The normalized spacial score (nSPS) is 16.3. The minimum Gasteiger partial charge on any atom is -0.454 e. The molecule has 1 aromatic heterocycles. The lowest BCUT2D eigenvalue weighted by atomic mass is 10.1. The molecule has 1 N–H and O–H groups in total. The molecule has 1 fully saturated rings. The monoisotopic (exact) mass is 405 g/mol. The second kappa shape index (κ2) is 8.40. The molecular formula is C24H27N3O3. The molecule has 2 aliphatic heterocycles. The Morgan fingerprint density at radius 3 is 2.73 bits per heavy atom. The highest BCUT2D eigenvalue weighted by molar-refractivity contribution is 5.83. The van der Waals surface area contributed by atoms with E-state index in [9.17, 15) is 4.79 Å². The van der Waals surface area contributed by atoms with Gasteiger partial charge in [-0.05, 0) is 42.2 Å². The minimum atomic E-state index is 0.276. The number of H-pyrrole nitrogens is 1. The van der Waals surface area contributed by atoms with Crippen LogP contribution in [0.5, 0.6) is 11.5 Å². The molecule has 6 heteroatoms. The summed E-state index contributed by atoms with van der Waals surface area (Å²) in [5.74, 6) is 1.93. The van der Waals surface area contributed by atoms with Gasteiger partial charge >= 0.3 is 0 Å². The average Bonchev–Trinajstić information content (AvgIpc) is 3.41. The number of piperazine rings is 1. The zero-order valence-corrected chi connectivity index (χ0v) is 17.1. The Morgan fingerprint density at radius 2 is 1.83 bits per heavy atom. The fourth-order valence-electron chi connectivity index (χ4n) is 4.38. The summed E-state index contributed by atoms with van der Waals surface area (Å²) in [5, 5.41) is 1.27. The van der Waals surface area contributed by atoms with Crippen molar-refractivity contribution in [2.24, 2.45) is 0 Å². The molecule has 0 radical (unpaired) electrons. The van der Waals surface area contributed by atoms with E-state index in [1.54, 1.807) is 0 Å². The van der Waals surface area contributed by atoms with E-state index in [-0.39, 0.29) is 5.91 Å². The van der Waals surface area contributed by atoms with Crippen LogP contribution < -0.4 is 9.47 Å². The van der Waals surface area contributed by atoms with Crippen molar-refractivity contribution in [1.29, 1.82) is 0 Å². The Hall–Kier alpha value is -2.99. The summed E-state index contributed by atoms with van der Waals surface area (Å²) in [6, 6.07) is 14.5. The number of amides is 1. The van der Waals surface area contributed by atoms with Crippen LogP contribution in [0.4, 0.5) is 0 Å². The smallest absolute Gasteiger partial charge is 0.231 e. The topological polar surface area (TPSA) is 57.8 Å². The fourth-order valence-corrected chi connectivity index (χ4v) is 4.38. The van der Waals surface area contributed by atoms with Gasteiger partial charge in [0.05, 0.1) is 0 Å². The third kappa shape index (κ3) is 4.00. The van der Waals surface area contributed by atoms with Crippen molar-refractivity contribution in [3.05, 3.63) is 59.8 Å². The maximum atomic E-state index is 12.7. The van der Waals surface area contributed by atoms with Gasteiger partial charge in [-0.15, -0.1) is 0 Å². The molecule has 0 atom stereocenters. The number of nitrogens with one attached hydrogen (secondary N) is 1. The first-order valence-corrected chi connectivity index (χ1v) is 10.7. The lowest BCUT2D eigenvalue weighted by Gasteiger charge is -2.34. The number of hydrogen-bond acceptors (Lipinski definition) is 4. The molecule has 6 nitrogen and oxygen atoms in total. The molecule has 1 amide bonds. The third-order valence-electron chi connectivity index (χ3n) is 6.08. The van der Waals surface area contributed by atoms with Crippen LogP contribution in [-0.4, -0.2) is 53.7 Å². The zero-order valence-electron chi connectivity index (χ0n) is 17.1. The van der Waals surface area contributed by atoms with Crippen LogP contribution >= 0.6 is 0 Å². The van der Waals surface area contributed by atoms with E-state index in [4.69, 9.17) is 9.47 Å². The minimum absolute atomic E-state index is 0.276. The molecule has 1 saturated heterocycles. The van der Waals surface area contributed by atoms with Gasteiger partial charge in [0.25, 0.3) is 0 Å². The van der Waals surface area contributed by atoms with E-state index in [0.29, 0.717) is 13.2 Å². The molecule has 3 aromatic rings. The number of carbonyl (C=O) groups excluding carboxylic acids is 1. The number of nitrogens with zero attached hydrogens (tertiary/aromatic N) is 2. The molecule has 2 aliphatic rings. The molecule has 3 heterocycles. The van der Waals surface area contributed by atoms with Crippen LogP contribution in [0.25, 0.3) is 10.9 Å². The van der Waals surface area contributed by atoms with Crippen molar-refractivity contribution < 1.29 is 14.3 Å². The van der Waals surface area contributed by atoms with Gasteiger partial charge in [-0.1, -0.05) is 24.3 Å². The van der Waals surface area contributed by atoms with Crippen LogP contribution in [0.2, 0.25) is 0 Å². The lowest BCUT2D eigenvalue weighted by Crippen LogP contribution is -2.48. The van der Waals surface area contributed by atoms with E-state index in [2.05, 4.69) is 46.4 Å². The van der Waals surface area contributed by atoms with Gasteiger partial charge in [-0.25, -0.2) is 0 Å². The Kier molecular flexibility index (Phi) is 5.32. The summed E-state index contributed by atoms with van der Waals surface area (Å²) in [6.07, 6.45) is 4.50. The number of aromatic nitrogens is 1. The molecule has 30 heavy (non-hydrogen) atoms. The van der Waals surface area contributed by atoms with E-state index in [0.717, 1.165) is 62.6 Å². The predicted octanol–water partition coefficient (Wildman–Crippen LogP) is 3.56. The first-order valence-electron chi connectivity index (χ1n) is 10.7.